The van der Waals surface area contributed by atoms with Crippen LogP contribution in [0.5, 0.6) is 0 Å². The number of aliphatic hydroxyl groups excluding tert-OH is 1. The van der Waals surface area contributed by atoms with Crippen molar-refractivity contribution < 1.29 is 5.11 Å². The van der Waals surface area contributed by atoms with Crippen molar-refractivity contribution in [2.45, 2.75) is 23.8 Å². The number of terminal acetylenes is 1. The maximum absolute atomic E-state index is 9.58. The summed E-state index contributed by atoms with van der Waals surface area (Å²) in [6.07, 6.45) is 6.13. The number of rotatable bonds is 5. The van der Waals surface area contributed by atoms with Crippen LogP contribution in [-0.2, 0) is 0 Å². The molecule has 0 saturated heterocycles. The summed E-state index contributed by atoms with van der Waals surface area (Å²) in [6.45, 7) is 0. The van der Waals surface area contributed by atoms with E-state index < -0.39 is 0 Å². The first kappa shape index (κ1) is 12.6. The third-order valence-corrected chi connectivity index (χ3v) is 3.49. The number of aliphatic hydroxyl groups is 1. The van der Waals surface area contributed by atoms with Gasteiger partial charge < -0.3 is 5.11 Å². The van der Waals surface area contributed by atoms with Gasteiger partial charge in [-0.05, 0) is 24.6 Å². The standard InChI is InChI=1S/C12H13BrOS/c1-2-3-6-11(14)9-15-12-7-4-5-10(13)8-12/h1,4-5,7-8,11,14H,3,6,9H2. The maximum atomic E-state index is 9.58. The summed E-state index contributed by atoms with van der Waals surface area (Å²) in [6, 6.07) is 8.04. The highest BCUT2D eigenvalue weighted by atomic mass is 79.9. The van der Waals surface area contributed by atoms with E-state index in [1.165, 1.54) is 0 Å². The first-order chi connectivity index (χ1) is 7.22. The lowest BCUT2D eigenvalue weighted by Gasteiger charge is -2.08. The lowest BCUT2D eigenvalue weighted by Crippen LogP contribution is -2.08. The molecule has 1 N–H and O–H groups in total. The molecule has 1 aromatic carbocycles. The second-order valence-corrected chi connectivity index (χ2v) is 5.17. The molecular weight excluding hydrogens is 272 g/mol. The molecule has 1 unspecified atom stereocenters. The van der Waals surface area contributed by atoms with Crippen LogP contribution < -0.4 is 0 Å². The summed E-state index contributed by atoms with van der Waals surface area (Å²) in [5.41, 5.74) is 0. The van der Waals surface area contributed by atoms with E-state index in [4.69, 9.17) is 6.42 Å². The zero-order chi connectivity index (χ0) is 11.1. The Bertz CT molecular complexity index is 346. The molecule has 1 nitrogen and oxygen atoms in total. The minimum Gasteiger partial charge on any atom is -0.392 e. The molecule has 1 atom stereocenters. The Morgan fingerprint density at radius 1 is 1.53 bits per heavy atom. The molecule has 0 aliphatic carbocycles. The largest absolute Gasteiger partial charge is 0.392 e. The summed E-state index contributed by atoms with van der Waals surface area (Å²) in [4.78, 5) is 1.16. The summed E-state index contributed by atoms with van der Waals surface area (Å²) in [5.74, 6) is 3.22. The van der Waals surface area contributed by atoms with Gasteiger partial charge in [0.25, 0.3) is 0 Å². The fourth-order valence-corrected chi connectivity index (χ4v) is 2.57. The lowest BCUT2D eigenvalue weighted by atomic mass is 10.2. The van der Waals surface area contributed by atoms with Gasteiger partial charge in [0.05, 0.1) is 6.10 Å². The van der Waals surface area contributed by atoms with E-state index >= 15 is 0 Å². The number of halogens is 1. The van der Waals surface area contributed by atoms with Crippen LogP contribution in [0.3, 0.4) is 0 Å². The maximum Gasteiger partial charge on any atom is 0.0643 e. The van der Waals surface area contributed by atoms with Crippen molar-refractivity contribution in [3.05, 3.63) is 28.7 Å². The molecule has 1 rings (SSSR count). The highest BCUT2D eigenvalue weighted by Gasteiger charge is 2.04. The Morgan fingerprint density at radius 2 is 2.33 bits per heavy atom. The van der Waals surface area contributed by atoms with Crippen LogP contribution in [0.15, 0.2) is 33.6 Å². The van der Waals surface area contributed by atoms with Crippen LogP contribution >= 0.6 is 27.7 Å². The van der Waals surface area contributed by atoms with E-state index in [-0.39, 0.29) is 6.10 Å². The molecule has 0 aliphatic heterocycles. The van der Waals surface area contributed by atoms with Gasteiger partial charge in [0.1, 0.15) is 0 Å². The molecule has 0 aromatic heterocycles. The average Bonchev–Trinajstić information content (AvgIpc) is 2.23. The molecule has 0 aliphatic rings. The van der Waals surface area contributed by atoms with Crippen molar-refractivity contribution in [2.24, 2.45) is 0 Å². The predicted molar refractivity (Wildman–Crippen MR) is 68.9 cm³/mol. The molecule has 0 fully saturated rings. The van der Waals surface area contributed by atoms with Gasteiger partial charge in [-0.3, -0.25) is 0 Å². The Morgan fingerprint density at radius 3 is 3.00 bits per heavy atom. The van der Waals surface area contributed by atoms with Crippen LogP contribution in [0.4, 0.5) is 0 Å². The zero-order valence-corrected chi connectivity index (χ0v) is 10.7. The van der Waals surface area contributed by atoms with Crippen molar-refractivity contribution >= 4 is 27.7 Å². The third-order valence-electron chi connectivity index (χ3n) is 1.86. The number of benzene rings is 1. The minimum atomic E-state index is -0.315. The molecule has 0 radical (unpaired) electrons. The molecule has 3 heteroatoms. The molecule has 80 valence electrons. The van der Waals surface area contributed by atoms with Gasteiger partial charge in [-0.15, -0.1) is 24.1 Å². The van der Waals surface area contributed by atoms with Crippen molar-refractivity contribution in [1.82, 2.24) is 0 Å². The van der Waals surface area contributed by atoms with Gasteiger partial charge in [0.15, 0.2) is 0 Å². The highest BCUT2D eigenvalue weighted by Crippen LogP contribution is 2.23. The normalized spacial score (nSPS) is 12.1. The van der Waals surface area contributed by atoms with Gasteiger partial charge in [-0.25, -0.2) is 0 Å². The van der Waals surface area contributed by atoms with Crippen molar-refractivity contribution in [1.29, 1.82) is 0 Å². The summed E-state index contributed by atoms with van der Waals surface area (Å²) in [7, 11) is 0. The average molecular weight is 285 g/mol. The summed E-state index contributed by atoms with van der Waals surface area (Å²) >= 11 is 5.05. The molecule has 0 saturated carbocycles. The van der Waals surface area contributed by atoms with Gasteiger partial charge in [0.2, 0.25) is 0 Å². The van der Waals surface area contributed by atoms with Crippen molar-refractivity contribution in [3.63, 3.8) is 0 Å². The molecule has 0 spiro atoms. The van der Waals surface area contributed by atoms with Crippen LogP contribution in [0.2, 0.25) is 0 Å². The molecule has 0 heterocycles. The van der Waals surface area contributed by atoms with Crippen molar-refractivity contribution in [3.8, 4) is 12.3 Å². The predicted octanol–water partition coefficient (Wildman–Crippen LogP) is 3.32. The number of thioether (sulfide) groups is 1. The van der Waals surface area contributed by atoms with Gasteiger partial charge in [-0.1, -0.05) is 22.0 Å². The van der Waals surface area contributed by atoms with Gasteiger partial charge >= 0.3 is 0 Å². The first-order valence-corrected chi connectivity index (χ1v) is 6.50. The smallest absolute Gasteiger partial charge is 0.0643 e. The first-order valence-electron chi connectivity index (χ1n) is 4.72. The molecule has 0 bridgehead atoms. The minimum absolute atomic E-state index is 0.315. The molecular formula is C12H13BrOS. The SMILES string of the molecule is C#CCCC(O)CSc1cccc(Br)c1. The third kappa shape index (κ3) is 5.27. The highest BCUT2D eigenvalue weighted by molar-refractivity contribution is 9.10. The van der Waals surface area contributed by atoms with E-state index in [9.17, 15) is 5.11 Å². The van der Waals surface area contributed by atoms with E-state index in [0.29, 0.717) is 18.6 Å². The number of hydrogen-bond acceptors (Lipinski definition) is 2. The lowest BCUT2D eigenvalue weighted by molar-refractivity contribution is 0.191. The Hall–Kier alpha value is -0.430. The van der Waals surface area contributed by atoms with E-state index in [0.717, 1.165) is 9.37 Å². The van der Waals surface area contributed by atoms with E-state index in [1.54, 1.807) is 11.8 Å². The quantitative estimate of drug-likeness (QED) is 0.661. The Balaban J connectivity index is 2.34. The molecule has 15 heavy (non-hydrogen) atoms. The Labute approximate surface area is 103 Å². The van der Waals surface area contributed by atoms with Crippen LogP contribution in [-0.4, -0.2) is 17.0 Å². The van der Waals surface area contributed by atoms with Crippen LogP contribution in [0.25, 0.3) is 0 Å². The number of hydrogen-bond donors (Lipinski definition) is 1. The van der Waals surface area contributed by atoms with Gasteiger partial charge in [0, 0.05) is 21.5 Å². The summed E-state index contributed by atoms with van der Waals surface area (Å²) < 4.78 is 1.06. The zero-order valence-electron chi connectivity index (χ0n) is 8.32. The fourth-order valence-electron chi connectivity index (χ4n) is 1.08. The van der Waals surface area contributed by atoms with E-state index in [1.807, 2.05) is 24.3 Å². The second-order valence-electron chi connectivity index (χ2n) is 3.17. The monoisotopic (exact) mass is 284 g/mol. The Kier molecular flexibility index (Phi) is 5.85. The fraction of sp³-hybridized carbons (Fsp3) is 0.333. The van der Waals surface area contributed by atoms with Crippen LogP contribution in [0.1, 0.15) is 12.8 Å². The molecule has 1 aromatic rings. The van der Waals surface area contributed by atoms with Crippen LogP contribution in [0, 0.1) is 12.3 Å². The topological polar surface area (TPSA) is 20.2 Å². The van der Waals surface area contributed by atoms with E-state index in [2.05, 4.69) is 21.9 Å². The van der Waals surface area contributed by atoms with Crippen molar-refractivity contribution in [2.75, 3.05) is 5.75 Å². The second kappa shape index (κ2) is 6.95. The molecule has 0 amide bonds. The summed E-state index contributed by atoms with van der Waals surface area (Å²) in [5, 5.41) is 9.58. The van der Waals surface area contributed by atoms with Gasteiger partial charge in [-0.2, -0.15) is 0 Å².